The zero-order chi connectivity index (χ0) is 14.9. The fourth-order valence-corrected chi connectivity index (χ4v) is 3.14. The lowest BCUT2D eigenvalue weighted by atomic mass is 10.1. The Balaban J connectivity index is 2.38. The summed E-state index contributed by atoms with van der Waals surface area (Å²) in [5, 5.41) is 0. The molecule has 0 radical (unpaired) electrons. The Bertz CT molecular complexity index is 620. The molecule has 2 N–H and O–H groups in total. The minimum Gasteiger partial charge on any atom is -0.344 e. The zero-order valence-corrected chi connectivity index (χ0v) is 14.0. The van der Waals surface area contributed by atoms with E-state index in [1.165, 1.54) is 16.8 Å². The summed E-state index contributed by atoms with van der Waals surface area (Å²) in [4.78, 5) is 2.20. The monoisotopic (exact) mass is 332 g/mol. The largest absolute Gasteiger partial charge is 0.344 e. The summed E-state index contributed by atoms with van der Waals surface area (Å²) in [6, 6.07) is 12.9. The highest BCUT2D eigenvalue weighted by Gasteiger charge is 2.10. The van der Waals surface area contributed by atoms with Crippen molar-refractivity contribution in [3.05, 3.63) is 57.6 Å². The lowest BCUT2D eigenvalue weighted by Crippen LogP contribution is -2.12. The Morgan fingerprint density at radius 3 is 2.35 bits per heavy atom. The van der Waals surface area contributed by atoms with Gasteiger partial charge in [0.05, 0.1) is 0 Å². The predicted molar refractivity (Wildman–Crippen MR) is 90.7 cm³/mol. The fourth-order valence-electron chi connectivity index (χ4n) is 2.41. The molecule has 3 heteroatoms. The van der Waals surface area contributed by atoms with Gasteiger partial charge in [-0.05, 0) is 50.1 Å². The van der Waals surface area contributed by atoms with Gasteiger partial charge in [-0.3, -0.25) is 0 Å². The second-order valence-corrected chi connectivity index (χ2v) is 6.20. The predicted octanol–water partition coefficient (Wildman–Crippen LogP) is 4.85. The van der Waals surface area contributed by atoms with Crippen LogP contribution in [-0.2, 0) is 0 Å². The van der Waals surface area contributed by atoms with Gasteiger partial charge in [0.15, 0.2) is 0 Å². The Morgan fingerprint density at radius 1 is 1.10 bits per heavy atom. The van der Waals surface area contributed by atoms with Gasteiger partial charge in [-0.1, -0.05) is 39.7 Å². The molecule has 0 heterocycles. The van der Waals surface area contributed by atoms with Gasteiger partial charge in [-0.25, -0.2) is 0 Å². The van der Waals surface area contributed by atoms with Gasteiger partial charge in [0.25, 0.3) is 0 Å². The average molecular weight is 333 g/mol. The van der Waals surface area contributed by atoms with E-state index in [1.807, 2.05) is 6.92 Å². The van der Waals surface area contributed by atoms with Crippen molar-refractivity contribution in [1.82, 2.24) is 0 Å². The molecule has 0 amide bonds. The number of aryl methyl sites for hydroxylation is 2. The first-order valence-corrected chi connectivity index (χ1v) is 7.55. The first kappa shape index (κ1) is 15.1. The van der Waals surface area contributed by atoms with Crippen molar-refractivity contribution in [2.45, 2.75) is 26.8 Å². The first-order chi connectivity index (χ1) is 9.40. The van der Waals surface area contributed by atoms with Crippen LogP contribution in [0.4, 0.5) is 11.4 Å². The number of nitrogens with two attached hydrogens (primary N) is 1. The van der Waals surface area contributed by atoms with Gasteiger partial charge in [-0.2, -0.15) is 0 Å². The maximum atomic E-state index is 5.95. The van der Waals surface area contributed by atoms with Gasteiger partial charge in [0, 0.05) is 28.9 Å². The number of anilines is 2. The van der Waals surface area contributed by atoms with E-state index in [1.54, 1.807) is 0 Å². The summed E-state index contributed by atoms with van der Waals surface area (Å²) in [7, 11) is 2.09. The standard InChI is InChI=1S/C17H21BrN2/c1-11-5-8-17(12(2)9-11)20(4)14-6-7-15(13(3)19)16(18)10-14/h5-10,13H,19H2,1-4H3. The van der Waals surface area contributed by atoms with E-state index in [9.17, 15) is 0 Å². The van der Waals surface area contributed by atoms with E-state index in [0.717, 1.165) is 15.7 Å². The molecule has 0 aromatic heterocycles. The minimum absolute atomic E-state index is 0.0323. The Hall–Kier alpha value is -1.32. The van der Waals surface area contributed by atoms with Crippen LogP contribution in [0.3, 0.4) is 0 Å². The average Bonchev–Trinajstić information content (AvgIpc) is 2.37. The lowest BCUT2D eigenvalue weighted by Gasteiger charge is -2.23. The van der Waals surface area contributed by atoms with Gasteiger partial charge < -0.3 is 10.6 Å². The van der Waals surface area contributed by atoms with Crippen molar-refractivity contribution in [1.29, 1.82) is 0 Å². The summed E-state index contributed by atoms with van der Waals surface area (Å²) in [5.41, 5.74) is 12.0. The van der Waals surface area contributed by atoms with E-state index in [2.05, 4.69) is 78.1 Å². The van der Waals surface area contributed by atoms with Crippen LogP contribution in [0.2, 0.25) is 0 Å². The van der Waals surface area contributed by atoms with E-state index in [4.69, 9.17) is 5.73 Å². The molecule has 1 unspecified atom stereocenters. The summed E-state index contributed by atoms with van der Waals surface area (Å²) in [5.74, 6) is 0. The smallest absolute Gasteiger partial charge is 0.0437 e. The van der Waals surface area contributed by atoms with Gasteiger partial charge >= 0.3 is 0 Å². The molecule has 0 aliphatic rings. The summed E-state index contributed by atoms with van der Waals surface area (Å²) in [6.45, 7) is 6.25. The Kier molecular flexibility index (Phi) is 4.51. The van der Waals surface area contributed by atoms with E-state index in [-0.39, 0.29) is 6.04 Å². The molecular weight excluding hydrogens is 312 g/mol. The Morgan fingerprint density at radius 2 is 1.80 bits per heavy atom. The molecule has 0 saturated heterocycles. The highest BCUT2D eigenvalue weighted by atomic mass is 79.9. The van der Waals surface area contributed by atoms with Crippen molar-refractivity contribution >= 4 is 27.3 Å². The van der Waals surface area contributed by atoms with E-state index >= 15 is 0 Å². The van der Waals surface area contributed by atoms with Crippen LogP contribution < -0.4 is 10.6 Å². The van der Waals surface area contributed by atoms with Crippen molar-refractivity contribution in [2.75, 3.05) is 11.9 Å². The zero-order valence-electron chi connectivity index (χ0n) is 12.4. The van der Waals surface area contributed by atoms with Crippen molar-refractivity contribution in [2.24, 2.45) is 5.73 Å². The number of hydrogen-bond acceptors (Lipinski definition) is 2. The highest BCUT2D eigenvalue weighted by molar-refractivity contribution is 9.10. The SMILES string of the molecule is Cc1ccc(N(C)c2ccc(C(C)N)c(Br)c2)c(C)c1. The number of halogens is 1. The number of hydrogen-bond donors (Lipinski definition) is 1. The van der Waals surface area contributed by atoms with Crippen LogP contribution in [0.15, 0.2) is 40.9 Å². The molecule has 2 nitrogen and oxygen atoms in total. The summed E-state index contributed by atoms with van der Waals surface area (Å²) < 4.78 is 1.06. The maximum Gasteiger partial charge on any atom is 0.0437 e. The minimum atomic E-state index is 0.0323. The first-order valence-electron chi connectivity index (χ1n) is 6.76. The summed E-state index contributed by atoms with van der Waals surface area (Å²) in [6.07, 6.45) is 0. The molecule has 1 atom stereocenters. The fraction of sp³-hybridized carbons (Fsp3) is 0.294. The third-order valence-electron chi connectivity index (χ3n) is 3.58. The molecule has 0 spiro atoms. The third kappa shape index (κ3) is 3.05. The van der Waals surface area contributed by atoms with Gasteiger partial charge in [0.1, 0.15) is 0 Å². The molecule has 0 aliphatic carbocycles. The van der Waals surface area contributed by atoms with Crippen molar-refractivity contribution in [3.8, 4) is 0 Å². The van der Waals surface area contributed by atoms with E-state index < -0.39 is 0 Å². The number of nitrogens with zero attached hydrogens (tertiary/aromatic N) is 1. The van der Waals surface area contributed by atoms with Crippen LogP contribution >= 0.6 is 15.9 Å². The van der Waals surface area contributed by atoms with Crippen LogP contribution in [0.1, 0.15) is 29.7 Å². The Labute approximate surface area is 129 Å². The summed E-state index contributed by atoms with van der Waals surface area (Å²) >= 11 is 3.61. The highest BCUT2D eigenvalue weighted by Crippen LogP contribution is 2.32. The van der Waals surface area contributed by atoms with Gasteiger partial charge in [-0.15, -0.1) is 0 Å². The topological polar surface area (TPSA) is 29.3 Å². The second kappa shape index (κ2) is 5.98. The number of rotatable bonds is 3. The normalized spacial score (nSPS) is 12.3. The van der Waals surface area contributed by atoms with E-state index in [0.29, 0.717) is 0 Å². The van der Waals surface area contributed by atoms with Crippen LogP contribution in [0.5, 0.6) is 0 Å². The van der Waals surface area contributed by atoms with Crippen LogP contribution in [0, 0.1) is 13.8 Å². The molecule has 2 aromatic carbocycles. The maximum absolute atomic E-state index is 5.95. The van der Waals surface area contributed by atoms with Crippen LogP contribution in [0.25, 0.3) is 0 Å². The van der Waals surface area contributed by atoms with Crippen molar-refractivity contribution < 1.29 is 0 Å². The second-order valence-electron chi connectivity index (χ2n) is 5.34. The molecule has 0 saturated carbocycles. The molecule has 2 aromatic rings. The molecule has 0 bridgehead atoms. The van der Waals surface area contributed by atoms with Crippen LogP contribution in [-0.4, -0.2) is 7.05 Å². The molecule has 106 valence electrons. The van der Waals surface area contributed by atoms with Crippen molar-refractivity contribution in [3.63, 3.8) is 0 Å². The number of benzene rings is 2. The lowest BCUT2D eigenvalue weighted by molar-refractivity contribution is 0.813. The molecule has 0 aliphatic heterocycles. The molecule has 20 heavy (non-hydrogen) atoms. The molecular formula is C17H21BrN2. The third-order valence-corrected chi connectivity index (χ3v) is 4.26. The molecule has 2 rings (SSSR count). The van der Waals surface area contributed by atoms with Gasteiger partial charge in [0.2, 0.25) is 0 Å². The quantitative estimate of drug-likeness (QED) is 0.870. The molecule has 0 fully saturated rings.